The van der Waals surface area contributed by atoms with E-state index in [1.54, 1.807) is 13.8 Å². The van der Waals surface area contributed by atoms with Crippen molar-refractivity contribution in [3.05, 3.63) is 29.8 Å². The zero-order valence-corrected chi connectivity index (χ0v) is 33.4. The number of nitrogens with two attached hydrogens (primary N) is 3. The van der Waals surface area contributed by atoms with Crippen LogP contribution in [0.4, 0.5) is 0 Å². The highest BCUT2D eigenvalue weighted by molar-refractivity contribution is 5.96. The number of nitrogens with zero attached hydrogens (tertiary/aromatic N) is 1. The third-order valence-electron chi connectivity index (χ3n) is 9.69. The van der Waals surface area contributed by atoms with Gasteiger partial charge in [-0.3, -0.25) is 43.2 Å². The third-order valence-corrected chi connectivity index (χ3v) is 9.69. The molecule has 0 saturated carbocycles. The van der Waals surface area contributed by atoms with Crippen LogP contribution < -0.4 is 49.1 Å². The summed E-state index contributed by atoms with van der Waals surface area (Å²) in [6.07, 6.45) is -0.00192. The van der Waals surface area contributed by atoms with Crippen LogP contribution >= 0.6 is 0 Å². The topological polar surface area (TPSA) is 385 Å². The van der Waals surface area contributed by atoms with Crippen LogP contribution in [0.15, 0.2) is 24.3 Å². The molecule has 1 fully saturated rings. The van der Waals surface area contributed by atoms with E-state index in [0.717, 1.165) is 0 Å². The minimum absolute atomic E-state index is 0.0598. The van der Waals surface area contributed by atoms with E-state index >= 15 is 0 Å². The van der Waals surface area contributed by atoms with Crippen molar-refractivity contribution < 1.29 is 63.3 Å². The molecular weight excluding hydrogens is 792 g/mol. The van der Waals surface area contributed by atoms with Gasteiger partial charge in [0.1, 0.15) is 36.0 Å². The molecule has 15 N–H and O–H groups in total. The zero-order chi connectivity index (χ0) is 45.1. The molecule has 1 aliphatic rings. The monoisotopic (exact) mass is 848 g/mol. The molecule has 1 heterocycles. The fourth-order valence-electron chi connectivity index (χ4n) is 5.97. The second-order valence-corrected chi connectivity index (χ2v) is 14.3. The minimum atomic E-state index is -1.63. The fraction of sp³-hybridized carbons (Fsp3) is 0.568. The molecule has 23 heteroatoms. The van der Waals surface area contributed by atoms with Crippen molar-refractivity contribution in [3.63, 3.8) is 0 Å². The van der Waals surface area contributed by atoms with E-state index < -0.39 is 121 Å². The Morgan fingerprint density at radius 3 is 1.97 bits per heavy atom. The highest BCUT2D eigenvalue weighted by Crippen LogP contribution is 2.18. The molecule has 0 aliphatic carbocycles. The Labute approximate surface area is 345 Å². The SMILES string of the molecule is CC[C@H](C)[C@H](NC(=O)[C@H](CO)NC(=O)[C@H](Cc1ccc(O)cc1)NC(=O)[C@@H](N)CCC(N)=O)C(=O)NCC(=O)NCC(=O)N1CCC[C@H]1C(=O)N[C@@H](CCC(N)=O)C(=O)O. The Hall–Kier alpha value is -6.36. The maximum atomic E-state index is 13.5. The summed E-state index contributed by atoms with van der Waals surface area (Å²) in [6.45, 7) is 1.35. The second kappa shape index (κ2) is 24.5. The fourth-order valence-corrected chi connectivity index (χ4v) is 5.97. The summed E-state index contributed by atoms with van der Waals surface area (Å²) in [5, 5.41) is 43.5. The van der Waals surface area contributed by atoms with E-state index in [4.69, 9.17) is 17.2 Å². The molecular formula is C37H56N10O13. The summed E-state index contributed by atoms with van der Waals surface area (Å²) in [5.41, 5.74) is 16.6. The van der Waals surface area contributed by atoms with Crippen molar-refractivity contribution in [3.8, 4) is 5.75 Å². The van der Waals surface area contributed by atoms with Gasteiger partial charge in [0.25, 0.3) is 0 Å². The maximum absolute atomic E-state index is 13.5. The van der Waals surface area contributed by atoms with Crippen molar-refractivity contribution in [1.29, 1.82) is 0 Å². The van der Waals surface area contributed by atoms with Gasteiger partial charge in [0.2, 0.25) is 53.2 Å². The quantitative estimate of drug-likeness (QED) is 0.0439. The van der Waals surface area contributed by atoms with E-state index in [1.807, 2.05) is 0 Å². The van der Waals surface area contributed by atoms with Gasteiger partial charge in [0.15, 0.2) is 0 Å². The molecule has 9 amide bonds. The normalized spacial score (nSPS) is 16.4. The number of phenolic OH excluding ortho intramolecular Hbond substituents is 1. The summed E-state index contributed by atoms with van der Waals surface area (Å²) in [5.74, 6) is -9.18. The van der Waals surface area contributed by atoms with E-state index in [2.05, 4.69) is 31.9 Å². The Morgan fingerprint density at radius 2 is 1.38 bits per heavy atom. The lowest BCUT2D eigenvalue weighted by Crippen LogP contribution is -2.60. The van der Waals surface area contributed by atoms with Crippen LogP contribution in [-0.4, -0.2) is 142 Å². The zero-order valence-electron chi connectivity index (χ0n) is 33.4. The lowest BCUT2D eigenvalue weighted by atomic mass is 9.97. The second-order valence-electron chi connectivity index (χ2n) is 14.3. The van der Waals surface area contributed by atoms with Gasteiger partial charge in [-0.15, -0.1) is 0 Å². The number of hydrogen-bond donors (Lipinski definition) is 12. The van der Waals surface area contributed by atoms with Crippen molar-refractivity contribution >= 4 is 59.1 Å². The first-order valence-corrected chi connectivity index (χ1v) is 19.3. The number of aromatic hydroxyl groups is 1. The molecule has 7 atom stereocenters. The van der Waals surface area contributed by atoms with Gasteiger partial charge in [-0.1, -0.05) is 32.4 Å². The summed E-state index contributed by atoms with van der Waals surface area (Å²) in [6, 6.07) is -2.25. The molecule has 0 spiro atoms. The first kappa shape index (κ1) is 49.8. The number of carbonyl (C=O) groups is 10. The molecule has 0 radical (unpaired) electrons. The summed E-state index contributed by atoms with van der Waals surface area (Å²) >= 11 is 0. The smallest absolute Gasteiger partial charge is 0.326 e. The molecule has 1 aromatic carbocycles. The third kappa shape index (κ3) is 16.5. The molecule has 1 aromatic rings. The number of aliphatic hydroxyl groups is 1. The number of benzene rings is 1. The summed E-state index contributed by atoms with van der Waals surface area (Å²) in [4.78, 5) is 126. The molecule has 0 aromatic heterocycles. The van der Waals surface area contributed by atoms with Crippen molar-refractivity contribution in [2.24, 2.45) is 23.1 Å². The number of rotatable bonds is 25. The number of carboxylic acid groups (broad SMARTS) is 1. The Morgan fingerprint density at radius 1 is 0.783 bits per heavy atom. The van der Waals surface area contributed by atoms with E-state index in [-0.39, 0.29) is 50.8 Å². The molecule has 23 nitrogen and oxygen atoms in total. The predicted octanol–water partition coefficient (Wildman–Crippen LogP) is -4.92. The molecule has 332 valence electrons. The average Bonchev–Trinajstić information content (AvgIpc) is 3.71. The molecule has 0 bridgehead atoms. The van der Waals surface area contributed by atoms with Crippen LogP contribution in [0.25, 0.3) is 0 Å². The van der Waals surface area contributed by atoms with Crippen LogP contribution in [0.5, 0.6) is 5.75 Å². The number of nitrogens with one attached hydrogen (secondary N) is 6. The molecule has 2 rings (SSSR count). The first-order valence-electron chi connectivity index (χ1n) is 19.3. The molecule has 60 heavy (non-hydrogen) atoms. The number of amides is 9. The summed E-state index contributed by atoms with van der Waals surface area (Å²) < 4.78 is 0. The number of carboxylic acids is 1. The number of primary amides is 2. The highest BCUT2D eigenvalue weighted by Gasteiger charge is 2.36. The lowest BCUT2D eigenvalue weighted by Gasteiger charge is -2.27. The van der Waals surface area contributed by atoms with Gasteiger partial charge < -0.3 is 69.3 Å². The molecule has 1 aliphatic heterocycles. The van der Waals surface area contributed by atoms with Crippen molar-refractivity contribution in [2.75, 3.05) is 26.2 Å². The van der Waals surface area contributed by atoms with Gasteiger partial charge >= 0.3 is 5.97 Å². The lowest BCUT2D eigenvalue weighted by molar-refractivity contribution is -0.144. The minimum Gasteiger partial charge on any atom is -0.508 e. The van der Waals surface area contributed by atoms with Crippen LogP contribution in [0.1, 0.15) is 64.4 Å². The Bertz CT molecular complexity index is 1730. The number of hydrogen-bond acceptors (Lipinski definition) is 13. The standard InChI is InChI=1S/C37H56N10O13/c1-3-19(2)31(36(58)42-16-29(52)41-17-30(53)47-14-4-5-26(47)35(57)43-23(37(59)60)11-13-28(40)51)46-34(56)25(18-48)45-33(55)24(15-20-6-8-21(49)9-7-20)44-32(54)22(38)10-12-27(39)50/h6-9,19,22-26,31,48-49H,3-5,10-18,38H2,1-2H3,(H2,39,50)(H2,40,51)(H,41,52)(H,42,58)(H,43,57)(H,44,54)(H,45,55)(H,46,56)(H,59,60)/t19-,22-,23-,24-,25-,26-,31-/m0/s1. The van der Waals surface area contributed by atoms with Gasteiger partial charge in [-0.25, -0.2) is 4.79 Å². The maximum Gasteiger partial charge on any atom is 0.326 e. The molecule has 0 unspecified atom stereocenters. The van der Waals surface area contributed by atoms with Crippen LogP contribution in [0, 0.1) is 5.92 Å². The molecule has 1 saturated heterocycles. The highest BCUT2D eigenvalue weighted by atomic mass is 16.4. The number of carbonyl (C=O) groups excluding carboxylic acids is 9. The number of aliphatic hydroxyl groups excluding tert-OH is 1. The van der Waals surface area contributed by atoms with Gasteiger partial charge in [-0.2, -0.15) is 0 Å². The average molecular weight is 849 g/mol. The van der Waals surface area contributed by atoms with Crippen LogP contribution in [0.3, 0.4) is 0 Å². The van der Waals surface area contributed by atoms with Gasteiger partial charge in [0, 0.05) is 25.8 Å². The Kier molecular flexibility index (Phi) is 20.4. The van der Waals surface area contributed by atoms with Crippen LogP contribution in [-0.2, 0) is 54.4 Å². The number of aliphatic carboxylic acids is 1. The van der Waals surface area contributed by atoms with Crippen molar-refractivity contribution in [2.45, 2.75) is 101 Å². The number of phenols is 1. The summed E-state index contributed by atoms with van der Waals surface area (Å²) in [7, 11) is 0. The predicted molar refractivity (Wildman–Crippen MR) is 209 cm³/mol. The van der Waals surface area contributed by atoms with E-state index in [9.17, 15) is 63.3 Å². The number of likely N-dealkylation sites (tertiary alicyclic amines) is 1. The van der Waals surface area contributed by atoms with Crippen molar-refractivity contribution in [1.82, 2.24) is 36.8 Å². The first-order chi connectivity index (χ1) is 28.3. The Balaban J connectivity index is 2.03. The van der Waals surface area contributed by atoms with Gasteiger partial charge in [0.05, 0.1) is 25.7 Å². The van der Waals surface area contributed by atoms with Crippen LogP contribution in [0.2, 0.25) is 0 Å². The largest absolute Gasteiger partial charge is 0.508 e. The van der Waals surface area contributed by atoms with Gasteiger partial charge in [-0.05, 0) is 49.3 Å². The van der Waals surface area contributed by atoms with E-state index in [0.29, 0.717) is 18.4 Å². The van der Waals surface area contributed by atoms with E-state index in [1.165, 1.54) is 29.2 Å².